The molecular formula is C19H16FN3O3S. The molecule has 6 nitrogen and oxygen atoms in total. The van der Waals surface area contributed by atoms with E-state index in [9.17, 15) is 9.18 Å². The van der Waals surface area contributed by atoms with Gasteiger partial charge in [0.2, 0.25) is 12.7 Å². The van der Waals surface area contributed by atoms with Gasteiger partial charge in [-0.3, -0.25) is 4.79 Å². The standard InChI is InChI=1S/C19H16FN3O3S/c20-14-2-4-15(5-3-14)22-18(24)11-27-19-21-7-8-23(19)10-13-1-6-16-17(9-13)26-12-25-16/h1-9H,10-12H2,(H,22,24). The molecule has 138 valence electrons. The van der Waals surface area contributed by atoms with Crippen LogP contribution in [0.15, 0.2) is 60.0 Å². The van der Waals surface area contributed by atoms with Crippen molar-refractivity contribution in [3.05, 3.63) is 66.2 Å². The summed E-state index contributed by atoms with van der Waals surface area (Å²) in [5.74, 6) is 1.17. The quantitative estimate of drug-likeness (QED) is 0.658. The highest BCUT2D eigenvalue weighted by Gasteiger charge is 2.14. The molecule has 0 saturated heterocycles. The number of benzene rings is 2. The number of hydrogen-bond acceptors (Lipinski definition) is 5. The minimum Gasteiger partial charge on any atom is -0.454 e. The molecule has 0 spiro atoms. The number of fused-ring (bicyclic) bond motifs is 1. The average Bonchev–Trinajstić information content (AvgIpc) is 3.31. The second-order valence-corrected chi connectivity index (χ2v) is 6.81. The Hall–Kier alpha value is -3.00. The van der Waals surface area contributed by atoms with Gasteiger partial charge in [0.1, 0.15) is 5.82 Å². The predicted octanol–water partition coefficient (Wildman–Crippen LogP) is 3.53. The summed E-state index contributed by atoms with van der Waals surface area (Å²) in [5.41, 5.74) is 1.61. The molecule has 0 radical (unpaired) electrons. The Morgan fingerprint density at radius 3 is 2.85 bits per heavy atom. The van der Waals surface area contributed by atoms with Gasteiger partial charge >= 0.3 is 0 Å². The number of ether oxygens (including phenoxy) is 2. The number of amides is 1. The van der Waals surface area contributed by atoms with E-state index in [2.05, 4.69) is 10.3 Å². The first-order valence-corrected chi connectivity index (χ1v) is 9.24. The number of thioether (sulfide) groups is 1. The zero-order valence-electron chi connectivity index (χ0n) is 14.2. The maximum absolute atomic E-state index is 12.9. The summed E-state index contributed by atoms with van der Waals surface area (Å²) in [5, 5.41) is 3.47. The lowest BCUT2D eigenvalue weighted by Crippen LogP contribution is -2.14. The normalized spacial score (nSPS) is 12.2. The minimum absolute atomic E-state index is 0.177. The Labute approximate surface area is 159 Å². The molecule has 1 aromatic heterocycles. The monoisotopic (exact) mass is 385 g/mol. The summed E-state index contributed by atoms with van der Waals surface area (Å²) < 4.78 is 25.6. The van der Waals surface area contributed by atoms with Crippen molar-refractivity contribution in [1.82, 2.24) is 9.55 Å². The maximum atomic E-state index is 12.9. The molecule has 0 saturated carbocycles. The van der Waals surface area contributed by atoms with Gasteiger partial charge < -0.3 is 19.4 Å². The third kappa shape index (κ3) is 4.22. The molecule has 0 atom stereocenters. The van der Waals surface area contributed by atoms with Gasteiger partial charge in [0.15, 0.2) is 16.7 Å². The van der Waals surface area contributed by atoms with Crippen molar-refractivity contribution < 1.29 is 18.7 Å². The molecule has 0 aliphatic carbocycles. The van der Waals surface area contributed by atoms with Crippen LogP contribution in [-0.2, 0) is 11.3 Å². The molecule has 1 aliphatic rings. The van der Waals surface area contributed by atoms with Gasteiger partial charge in [0.25, 0.3) is 0 Å². The first-order chi connectivity index (χ1) is 13.2. The Kier molecular flexibility index (Phi) is 4.97. The highest BCUT2D eigenvalue weighted by Crippen LogP contribution is 2.33. The SMILES string of the molecule is O=C(CSc1nccn1Cc1ccc2c(c1)OCO2)Nc1ccc(F)cc1. The van der Waals surface area contributed by atoms with Crippen LogP contribution in [0.1, 0.15) is 5.56 Å². The molecule has 1 N–H and O–H groups in total. The Morgan fingerprint density at radius 1 is 1.19 bits per heavy atom. The van der Waals surface area contributed by atoms with Crippen LogP contribution in [0.5, 0.6) is 11.5 Å². The Bertz CT molecular complexity index is 959. The third-order valence-electron chi connectivity index (χ3n) is 3.93. The first-order valence-electron chi connectivity index (χ1n) is 8.25. The van der Waals surface area contributed by atoms with E-state index < -0.39 is 0 Å². The van der Waals surface area contributed by atoms with Crippen molar-refractivity contribution >= 4 is 23.4 Å². The maximum Gasteiger partial charge on any atom is 0.234 e. The molecule has 8 heteroatoms. The number of carbonyl (C=O) groups is 1. The molecule has 0 bridgehead atoms. The zero-order chi connectivity index (χ0) is 18.6. The number of halogens is 1. The van der Waals surface area contributed by atoms with Crippen LogP contribution in [0.2, 0.25) is 0 Å². The van der Waals surface area contributed by atoms with E-state index in [1.165, 1.54) is 36.0 Å². The number of aromatic nitrogens is 2. The predicted molar refractivity (Wildman–Crippen MR) is 99.6 cm³/mol. The highest BCUT2D eigenvalue weighted by atomic mass is 32.2. The van der Waals surface area contributed by atoms with E-state index >= 15 is 0 Å². The van der Waals surface area contributed by atoms with Crippen LogP contribution in [0.3, 0.4) is 0 Å². The molecule has 0 fully saturated rings. The third-order valence-corrected chi connectivity index (χ3v) is 4.93. The lowest BCUT2D eigenvalue weighted by molar-refractivity contribution is -0.113. The minimum atomic E-state index is -0.340. The van der Waals surface area contributed by atoms with Gasteiger partial charge in [-0.1, -0.05) is 17.8 Å². The average molecular weight is 385 g/mol. The number of nitrogens with one attached hydrogen (secondary N) is 1. The van der Waals surface area contributed by atoms with Crippen LogP contribution in [-0.4, -0.2) is 28.0 Å². The van der Waals surface area contributed by atoms with Crippen molar-refractivity contribution in [2.45, 2.75) is 11.7 Å². The largest absolute Gasteiger partial charge is 0.454 e. The number of rotatable bonds is 6. The fourth-order valence-corrected chi connectivity index (χ4v) is 3.41. The Morgan fingerprint density at radius 2 is 2.00 bits per heavy atom. The molecule has 2 heterocycles. The number of imidazole rings is 1. The lowest BCUT2D eigenvalue weighted by Gasteiger charge is -2.09. The van der Waals surface area contributed by atoms with Crippen LogP contribution < -0.4 is 14.8 Å². The number of hydrogen-bond donors (Lipinski definition) is 1. The molecule has 0 unspecified atom stereocenters. The summed E-state index contributed by atoms with van der Waals surface area (Å²) in [4.78, 5) is 16.4. The van der Waals surface area contributed by atoms with Gasteiger partial charge in [-0.15, -0.1) is 0 Å². The summed E-state index contributed by atoms with van der Waals surface area (Å²) in [6.45, 7) is 0.854. The summed E-state index contributed by atoms with van der Waals surface area (Å²) in [6, 6.07) is 11.5. The van der Waals surface area contributed by atoms with Crippen molar-refractivity contribution in [2.24, 2.45) is 0 Å². The first kappa shape index (κ1) is 17.4. The topological polar surface area (TPSA) is 65.4 Å². The molecule has 27 heavy (non-hydrogen) atoms. The molecule has 1 aliphatic heterocycles. The molecule has 1 amide bonds. The highest BCUT2D eigenvalue weighted by molar-refractivity contribution is 7.99. The van der Waals surface area contributed by atoms with Crippen LogP contribution in [0.4, 0.5) is 10.1 Å². The lowest BCUT2D eigenvalue weighted by atomic mass is 10.2. The molecule has 3 aromatic rings. The molecular weight excluding hydrogens is 369 g/mol. The van der Waals surface area contributed by atoms with Gasteiger partial charge in [-0.25, -0.2) is 9.37 Å². The van der Waals surface area contributed by atoms with Crippen LogP contribution >= 0.6 is 11.8 Å². The van der Waals surface area contributed by atoms with E-state index in [1.807, 2.05) is 29.0 Å². The van der Waals surface area contributed by atoms with E-state index in [0.29, 0.717) is 12.2 Å². The zero-order valence-corrected chi connectivity index (χ0v) is 15.0. The van der Waals surface area contributed by atoms with E-state index in [1.54, 1.807) is 6.20 Å². The van der Waals surface area contributed by atoms with Crippen molar-refractivity contribution in [2.75, 3.05) is 17.9 Å². The number of carbonyl (C=O) groups excluding carboxylic acids is 1. The van der Waals surface area contributed by atoms with E-state index in [-0.39, 0.29) is 24.3 Å². The smallest absolute Gasteiger partial charge is 0.234 e. The van der Waals surface area contributed by atoms with Gasteiger partial charge in [-0.05, 0) is 42.0 Å². The molecule has 2 aromatic carbocycles. The van der Waals surface area contributed by atoms with Gasteiger partial charge in [0.05, 0.1) is 5.75 Å². The van der Waals surface area contributed by atoms with E-state index in [4.69, 9.17) is 9.47 Å². The van der Waals surface area contributed by atoms with Crippen molar-refractivity contribution in [3.8, 4) is 11.5 Å². The summed E-state index contributed by atoms with van der Waals surface area (Å²) >= 11 is 1.34. The fraction of sp³-hybridized carbons (Fsp3) is 0.158. The van der Waals surface area contributed by atoms with Gasteiger partial charge in [0, 0.05) is 24.6 Å². The van der Waals surface area contributed by atoms with E-state index in [0.717, 1.165) is 22.2 Å². The molecule has 4 rings (SSSR count). The van der Waals surface area contributed by atoms with Crippen molar-refractivity contribution in [1.29, 1.82) is 0 Å². The van der Waals surface area contributed by atoms with Crippen LogP contribution in [0.25, 0.3) is 0 Å². The Balaban J connectivity index is 1.36. The van der Waals surface area contributed by atoms with Crippen molar-refractivity contribution in [3.63, 3.8) is 0 Å². The second-order valence-electron chi connectivity index (χ2n) is 5.87. The van der Waals surface area contributed by atoms with Crippen LogP contribution in [0, 0.1) is 5.82 Å². The number of anilines is 1. The van der Waals surface area contributed by atoms with Gasteiger partial charge in [-0.2, -0.15) is 0 Å². The summed E-state index contributed by atoms with van der Waals surface area (Å²) in [6.07, 6.45) is 3.57. The fourth-order valence-electron chi connectivity index (χ4n) is 2.65. The second kappa shape index (κ2) is 7.71. The number of nitrogens with zero attached hydrogens (tertiary/aromatic N) is 2. The summed E-state index contributed by atoms with van der Waals surface area (Å²) in [7, 11) is 0.